The van der Waals surface area contributed by atoms with Crippen molar-refractivity contribution < 1.29 is 0 Å². The van der Waals surface area contributed by atoms with Gasteiger partial charge in [0.2, 0.25) is 5.28 Å². The Bertz CT molecular complexity index is 401. The molecule has 4 nitrogen and oxygen atoms in total. The standard InChI is InChI=1S/C11H16BrClN4/c1-16-4-3-8(6-16)7-17(2)10-9(12)5-14-11(13)15-10/h5,8H,3-4,6-7H2,1-2H3. The van der Waals surface area contributed by atoms with E-state index in [1.807, 2.05) is 7.05 Å². The van der Waals surface area contributed by atoms with Crippen molar-refractivity contribution >= 4 is 33.3 Å². The fourth-order valence-corrected chi connectivity index (χ4v) is 2.88. The molecule has 1 saturated heterocycles. The molecule has 0 bridgehead atoms. The predicted molar refractivity (Wildman–Crippen MR) is 73.6 cm³/mol. The van der Waals surface area contributed by atoms with Gasteiger partial charge >= 0.3 is 0 Å². The van der Waals surface area contributed by atoms with Gasteiger partial charge < -0.3 is 9.80 Å². The van der Waals surface area contributed by atoms with Crippen LogP contribution >= 0.6 is 27.5 Å². The van der Waals surface area contributed by atoms with Crippen LogP contribution in [0.3, 0.4) is 0 Å². The molecule has 1 aliphatic heterocycles. The van der Waals surface area contributed by atoms with Gasteiger partial charge in [-0.05, 0) is 53.5 Å². The van der Waals surface area contributed by atoms with Crippen LogP contribution in [-0.2, 0) is 0 Å². The van der Waals surface area contributed by atoms with Crippen molar-refractivity contribution in [3.63, 3.8) is 0 Å². The summed E-state index contributed by atoms with van der Waals surface area (Å²) in [4.78, 5) is 12.7. The lowest BCUT2D eigenvalue weighted by Crippen LogP contribution is -2.28. The van der Waals surface area contributed by atoms with Crippen LogP contribution in [0, 0.1) is 5.92 Å². The molecule has 1 atom stereocenters. The molecule has 0 spiro atoms. The number of rotatable bonds is 3. The summed E-state index contributed by atoms with van der Waals surface area (Å²) in [5.41, 5.74) is 0. The number of likely N-dealkylation sites (tertiary alicyclic amines) is 1. The van der Waals surface area contributed by atoms with Crippen LogP contribution in [0.25, 0.3) is 0 Å². The summed E-state index contributed by atoms with van der Waals surface area (Å²) in [7, 11) is 4.21. The lowest BCUT2D eigenvalue weighted by molar-refractivity contribution is 0.395. The summed E-state index contributed by atoms with van der Waals surface area (Å²) in [5.74, 6) is 1.56. The molecular weight excluding hydrogens is 304 g/mol. The summed E-state index contributed by atoms with van der Waals surface area (Å²) in [6, 6.07) is 0. The van der Waals surface area contributed by atoms with Gasteiger partial charge in [0.25, 0.3) is 0 Å². The zero-order valence-electron chi connectivity index (χ0n) is 10.0. The Labute approximate surface area is 115 Å². The number of aromatic nitrogens is 2. The van der Waals surface area contributed by atoms with Gasteiger partial charge in [-0.15, -0.1) is 0 Å². The molecule has 2 heterocycles. The van der Waals surface area contributed by atoms with Crippen LogP contribution in [0.4, 0.5) is 5.82 Å². The van der Waals surface area contributed by atoms with Crippen LogP contribution in [0.15, 0.2) is 10.7 Å². The minimum atomic E-state index is 0.290. The highest BCUT2D eigenvalue weighted by Crippen LogP contribution is 2.25. The molecule has 17 heavy (non-hydrogen) atoms. The molecule has 0 saturated carbocycles. The molecule has 0 aliphatic carbocycles. The van der Waals surface area contributed by atoms with Crippen LogP contribution in [-0.4, -0.2) is 48.6 Å². The smallest absolute Gasteiger partial charge is 0.224 e. The highest BCUT2D eigenvalue weighted by molar-refractivity contribution is 9.10. The maximum Gasteiger partial charge on any atom is 0.224 e. The summed E-state index contributed by atoms with van der Waals surface area (Å²) in [5, 5.41) is 0.290. The fraction of sp³-hybridized carbons (Fsp3) is 0.636. The summed E-state index contributed by atoms with van der Waals surface area (Å²) in [6.07, 6.45) is 2.94. The van der Waals surface area contributed by atoms with Gasteiger partial charge in [0.05, 0.1) is 4.47 Å². The lowest BCUT2D eigenvalue weighted by Gasteiger charge is -2.22. The van der Waals surface area contributed by atoms with Gasteiger partial charge in [-0.25, -0.2) is 4.98 Å². The van der Waals surface area contributed by atoms with E-state index < -0.39 is 0 Å². The lowest BCUT2D eigenvalue weighted by atomic mass is 10.1. The highest BCUT2D eigenvalue weighted by atomic mass is 79.9. The Morgan fingerprint density at radius 1 is 1.65 bits per heavy atom. The minimum absolute atomic E-state index is 0.290. The van der Waals surface area contributed by atoms with E-state index in [0.717, 1.165) is 23.4 Å². The molecule has 1 fully saturated rings. The van der Waals surface area contributed by atoms with Crippen molar-refractivity contribution in [1.82, 2.24) is 14.9 Å². The first-order chi connectivity index (χ1) is 8.06. The molecule has 0 N–H and O–H groups in total. The van der Waals surface area contributed by atoms with Crippen molar-refractivity contribution in [3.05, 3.63) is 16.0 Å². The second-order valence-electron chi connectivity index (χ2n) is 4.61. The third kappa shape index (κ3) is 3.30. The van der Waals surface area contributed by atoms with Gasteiger partial charge in [-0.3, -0.25) is 0 Å². The van der Waals surface area contributed by atoms with Gasteiger partial charge in [0, 0.05) is 26.3 Å². The van der Waals surface area contributed by atoms with Gasteiger partial charge in [0.15, 0.2) is 0 Å². The molecule has 0 radical (unpaired) electrons. The van der Waals surface area contributed by atoms with E-state index in [2.05, 4.69) is 42.7 Å². The van der Waals surface area contributed by atoms with E-state index in [1.165, 1.54) is 13.0 Å². The summed E-state index contributed by atoms with van der Waals surface area (Å²) in [6.45, 7) is 3.33. The van der Waals surface area contributed by atoms with Crippen molar-refractivity contribution in [2.45, 2.75) is 6.42 Å². The largest absolute Gasteiger partial charge is 0.358 e. The normalized spacial score (nSPS) is 20.8. The van der Waals surface area contributed by atoms with E-state index in [9.17, 15) is 0 Å². The Morgan fingerprint density at radius 2 is 2.41 bits per heavy atom. The Hall–Kier alpha value is -0.390. The van der Waals surface area contributed by atoms with Crippen LogP contribution in [0.5, 0.6) is 0 Å². The van der Waals surface area contributed by atoms with Crippen LogP contribution in [0.1, 0.15) is 6.42 Å². The second-order valence-corrected chi connectivity index (χ2v) is 5.80. The van der Waals surface area contributed by atoms with E-state index >= 15 is 0 Å². The molecule has 0 aromatic carbocycles. The fourth-order valence-electron chi connectivity index (χ4n) is 2.25. The average Bonchev–Trinajstić information content (AvgIpc) is 2.67. The molecule has 94 valence electrons. The third-order valence-electron chi connectivity index (χ3n) is 3.08. The zero-order chi connectivity index (χ0) is 12.4. The average molecular weight is 320 g/mol. The van der Waals surface area contributed by atoms with Gasteiger partial charge in [-0.2, -0.15) is 4.98 Å². The highest BCUT2D eigenvalue weighted by Gasteiger charge is 2.22. The maximum atomic E-state index is 5.82. The molecule has 0 amide bonds. The maximum absolute atomic E-state index is 5.82. The predicted octanol–water partition coefficient (Wildman–Crippen LogP) is 2.28. The SMILES string of the molecule is CN1CCC(CN(C)c2nc(Cl)ncc2Br)C1. The second kappa shape index (κ2) is 5.50. The Kier molecular flexibility index (Phi) is 4.22. The number of halogens is 2. The van der Waals surface area contributed by atoms with Crippen molar-refractivity contribution in [2.75, 3.05) is 38.6 Å². The first-order valence-corrected chi connectivity index (χ1v) is 6.81. The van der Waals surface area contributed by atoms with E-state index in [-0.39, 0.29) is 0 Å². The molecule has 1 aliphatic rings. The zero-order valence-corrected chi connectivity index (χ0v) is 12.4. The summed E-state index contributed by atoms with van der Waals surface area (Å²) >= 11 is 9.28. The number of hydrogen-bond donors (Lipinski definition) is 0. The van der Waals surface area contributed by atoms with Gasteiger partial charge in [-0.1, -0.05) is 0 Å². The molecule has 1 unspecified atom stereocenters. The molecule has 1 aromatic rings. The quantitative estimate of drug-likeness (QED) is 0.800. The molecule has 6 heteroatoms. The van der Waals surface area contributed by atoms with Crippen molar-refractivity contribution in [2.24, 2.45) is 5.92 Å². The Morgan fingerprint density at radius 3 is 3.06 bits per heavy atom. The molecule has 2 rings (SSSR count). The van der Waals surface area contributed by atoms with E-state index in [4.69, 9.17) is 11.6 Å². The number of nitrogens with zero attached hydrogens (tertiary/aromatic N) is 4. The molecule has 1 aromatic heterocycles. The number of hydrogen-bond acceptors (Lipinski definition) is 4. The van der Waals surface area contributed by atoms with Crippen LogP contribution < -0.4 is 4.90 Å². The Balaban J connectivity index is 2.04. The first-order valence-electron chi connectivity index (χ1n) is 5.64. The molecular formula is C11H16BrClN4. The van der Waals surface area contributed by atoms with Crippen molar-refractivity contribution in [1.29, 1.82) is 0 Å². The summed E-state index contributed by atoms with van der Waals surface area (Å²) < 4.78 is 0.885. The monoisotopic (exact) mass is 318 g/mol. The van der Waals surface area contributed by atoms with Crippen LogP contribution in [0.2, 0.25) is 5.28 Å². The topological polar surface area (TPSA) is 32.3 Å². The third-order valence-corrected chi connectivity index (χ3v) is 3.82. The number of anilines is 1. The first kappa shape index (κ1) is 13.1. The van der Waals surface area contributed by atoms with Gasteiger partial charge in [0.1, 0.15) is 5.82 Å². The van der Waals surface area contributed by atoms with Crippen molar-refractivity contribution in [3.8, 4) is 0 Å². The van der Waals surface area contributed by atoms with E-state index in [0.29, 0.717) is 11.2 Å². The van der Waals surface area contributed by atoms with E-state index in [1.54, 1.807) is 6.20 Å². The minimum Gasteiger partial charge on any atom is -0.358 e.